The third-order valence-corrected chi connectivity index (χ3v) is 5.19. The van der Waals surface area contributed by atoms with Crippen molar-refractivity contribution >= 4 is 28.8 Å². The van der Waals surface area contributed by atoms with Gasteiger partial charge < -0.3 is 20.1 Å². The molecule has 166 valence electrons. The van der Waals surface area contributed by atoms with Crippen LogP contribution >= 0.6 is 0 Å². The Morgan fingerprint density at radius 3 is 2.64 bits per heavy atom. The van der Waals surface area contributed by atoms with Gasteiger partial charge in [0.15, 0.2) is 0 Å². The average molecular weight is 441 g/mol. The van der Waals surface area contributed by atoms with Crippen LogP contribution in [0.3, 0.4) is 0 Å². The molecule has 4 rings (SSSR count). The summed E-state index contributed by atoms with van der Waals surface area (Å²) < 4.78 is 5.16. The van der Waals surface area contributed by atoms with E-state index in [0.29, 0.717) is 34.5 Å². The monoisotopic (exact) mass is 441 g/mol. The molecule has 0 atom stereocenters. The van der Waals surface area contributed by atoms with Crippen LogP contribution in [0, 0.1) is 6.92 Å². The molecule has 3 N–H and O–H groups in total. The van der Waals surface area contributed by atoms with Crippen molar-refractivity contribution in [2.45, 2.75) is 13.5 Å². The number of methoxy groups -OCH3 is 1. The number of hydrogen-bond acceptors (Lipinski definition) is 5. The Morgan fingerprint density at radius 2 is 1.88 bits per heavy atom. The Morgan fingerprint density at radius 1 is 1.09 bits per heavy atom. The van der Waals surface area contributed by atoms with Crippen LogP contribution in [0.25, 0.3) is 22.9 Å². The van der Waals surface area contributed by atoms with Crippen LogP contribution in [0.4, 0.5) is 0 Å². The van der Waals surface area contributed by atoms with Crippen LogP contribution in [0.2, 0.25) is 0 Å². The van der Waals surface area contributed by atoms with Crippen LogP contribution in [0.5, 0.6) is 5.75 Å². The van der Waals surface area contributed by atoms with E-state index < -0.39 is 5.56 Å². The van der Waals surface area contributed by atoms with Gasteiger partial charge in [0.1, 0.15) is 17.2 Å². The highest BCUT2D eigenvalue weighted by Crippen LogP contribution is 2.20. The van der Waals surface area contributed by atoms with Crippen molar-refractivity contribution in [2.24, 2.45) is 0 Å². The standard InChI is InChI=1S/C26H23N3O4/c1-16-6-8-17(9-7-16)15-27-25(31)19-10-11-21-22(13-19)29-26(32)23(28-21)14-24(30)18-4-3-5-20(12-18)33-2/h3-14,30H,15H2,1-2H3,(H,27,31)(H,29,32). The summed E-state index contributed by atoms with van der Waals surface area (Å²) in [5.74, 6) is 0.220. The minimum atomic E-state index is -0.478. The lowest BCUT2D eigenvalue weighted by molar-refractivity contribution is 0.0951. The van der Waals surface area contributed by atoms with Crippen molar-refractivity contribution in [3.05, 3.63) is 105 Å². The number of rotatable bonds is 6. The van der Waals surface area contributed by atoms with Crippen molar-refractivity contribution in [2.75, 3.05) is 7.11 Å². The first kappa shape index (κ1) is 21.8. The zero-order chi connectivity index (χ0) is 23.4. The zero-order valence-electron chi connectivity index (χ0n) is 18.3. The van der Waals surface area contributed by atoms with Crippen molar-refractivity contribution < 1.29 is 14.6 Å². The number of carbonyl (C=O) groups excluding carboxylic acids is 1. The molecular weight excluding hydrogens is 418 g/mol. The van der Waals surface area contributed by atoms with Gasteiger partial charge in [-0.2, -0.15) is 0 Å². The molecule has 0 saturated heterocycles. The van der Waals surface area contributed by atoms with Crippen molar-refractivity contribution in [1.29, 1.82) is 0 Å². The summed E-state index contributed by atoms with van der Waals surface area (Å²) in [6.07, 6.45) is 1.30. The number of nitrogens with one attached hydrogen (secondary N) is 2. The lowest BCUT2D eigenvalue weighted by Crippen LogP contribution is -2.23. The minimum absolute atomic E-state index is 0.0550. The summed E-state index contributed by atoms with van der Waals surface area (Å²) >= 11 is 0. The highest BCUT2D eigenvalue weighted by Gasteiger charge is 2.10. The molecule has 7 heteroatoms. The maximum absolute atomic E-state index is 12.6. The number of benzene rings is 3. The largest absolute Gasteiger partial charge is 0.507 e. The van der Waals surface area contributed by atoms with Crippen LogP contribution in [-0.4, -0.2) is 28.1 Å². The number of nitrogens with zero attached hydrogens (tertiary/aromatic N) is 1. The summed E-state index contributed by atoms with van der Waals surface area (Å²) in [4.78, 5) is 32.2. The summed E-state index contributed by atoms with van der Waals surface area (Å²) in [7, 11) is 1.53. The Bertz CT molecular complexity index is 1410. The Hall–Kier alpha value is -4.39. The number of aromatic nitrogens is 2. The van der Waals surface area contributed by atoms with E-state index in [9.17, 15) is 14.7 Å². The second kappa shape index (κ2) is 9.40. The summed E-state index contributed by atoms with van der Waals surface area (Å²) in [6.45, 7) is 2.41. The van der Waals surface area contributed by atoms with Gasteiger partial charge in [0, 0.05) is 23.7 Å². The van der Waals surface area contributed by atoms with Crippen LogP contribution in [-0.2, 0) is 6.54 Å². The lowest BCUT2D eigenvalue weighted by Gasteiger charge is -2.07. The predicted octanol–water partition coefficient (Wildman–Crippen LogP) is 4.23. The van der Waals surface area contributed by atoms with E-state index in [1.807, 2.05) is 31.2 Å². The molecule has 1 amide bonds. The van der Waals surface area contributed by atoms with E-state index in [2.05, 4.69) is 15.3 Å². The first-order valence-electron chi connectivity index (χ1n) is 10.4. The Labute approximate surface area is 190 Å². The predicted molar refractivity (Wildman–Crippen MR) is 128 cm³/mol. The Balaban J connectivity index is 1.56. The van der Waals surface area contributed by atoms with Gasteiger partial charge in [-0.15, -0.1) is 0 Å². The molecule has 4 aromatic rings. The smallest absolute Gasteiger partial charge is 0.274 e. The fourth-order valence-corrected chi connectivity index (χ4v) is 3.33. The lowest BCUT2D eigenvalue weighted by atomic mass is 10.1. The van der Waals surface area contributed by atoms with E-state index >= 15 is 0 Å². The van der Waals surface area contributed by atoms with Gasteiger partial charge in [0.2, 0.25) is 0 Å². The van der Waals surface area contributed by atoms with Gasteiger partial charge in [-0.05, 0) is 42.8 Å². The van der Waals surface area contributed by atoms with Crippen LogP contribution < -0.4 is 15.6 Å². The normalized spacial score (nSPS) is 11.4. The number of H-pyrrole nitrogens is 1. The number of aromatic amines is 1. The number of hydrogen-bond donors (Lipinski definition) is 3. The van der Waals surface area contributed by atoms with Crippen LogP contribution in [0.1, 0.15) is 32.7 Å². The molecule has 33 heavy (non-hydrogen) atoms. The zero-order valence-corrected chi connectivity index (χ0v) is 18.3. The topological polar surface area (TPSA) is 104 Å². The summed E-state index contributed by atoms with van der Waals surface area (Å²) in [5, 5.41) is 13.3. The number of amides is 1. The van der Waals surface area contributed by atoms with Gasteiger partial charge >= 0.3 is 0 Å². The molecule has 0 fully saturated rings. The first-order chi connectivity index (χ1) is 15.9. The van der Waals surface area contributed by atoms with Gasteiger partial charge in [0.05, 0.1) is 18.1 Å². The number of aliphatic hydroxyl groups excluding tert-OH is 1. The molecule has 0 bridgehead atoms. The second-order valence-corrected chi connectivity index (χ2v) is 7.61. The fraction of sp³-hybridized carbons (Fsp3) is 0.115. The maximum atomic E-state index is 12.6. The van der Waals surface area contributed by atoms with Crippen LogP contribution in [0.15, 0.2) is 71.5 Å². The molecule has 0 spiro atoms. The van der Waals surface area contributed by atoms with E-state index in [1.165, 1.54) is 13.2 Å². The van der Waals surface area contributed by atoms with Crippen molar-refractivity contribution in [3.63, 3.8) is 0 Å². The van der Waals surface area contributed by atoms with Gasteiger partial charge in [-0.1, -0.05) is 42.0 Å². The second-order valence-electron chi connectivity index (χ2n) is 7.61. The molecule has 0 aliphatic heterocycles. The quantitative estimate of drug-likeness (QED) is 0.389. The molecule has 3 aromatic carbocycles. The SMILES string of the molecule is COc1cccc(C(O)=Cc2nc3ccc(C(=O)NCc4ccc(C)cc4)cc3[nH]c2=O)c1. The first-order valence-corrected chi connectivity index (χ1v) is 10.4. The minimum Gasteiger partial charge on any atom is -0.507 e. The van der Waals surface area contributed by atoms with Crippen molar-refractivity contribution in [3.8, 4) is 5.75 Å². The van der Waals surface area contributed by atoms with E-state index in [-0.39, 0.29) is 17.4 Å². The third kappa shape index (κ3) is 5.10. The molecule has 0 aliphatic rings. The summed E-state index contributed by atoms with van der Waals surface area (Å²) in [6, 6.07) is 19.7. The molecule has 1 heterocycles. The van der Waals surface area contributed by atoms with E-state index in [1.54, 1.807) is 42.5 Å². The van der Waals surface area contributed by atoms with Crippen molar-refractivity contribution in [1.82, 2.24) is 15.3 Å². The highest BCUT2D eigenvalue weighted by molar-refractivity contribution is 5.97. The van der Waals surface area contributed by atoms with Gasteiger partial charge in [0.25, 0.3) is 11.5 Å². The van der Waals surface area contributed by atoms with E-state index in [4.69, 9.17) is 4.74 Å². The molecule has 0 unspecified atom stereocenters. The average Bonchev–Trinajstić information content (AvgIpc) is 2.83. The molecule has 7 nitrogen and oxygen atoms in total. The summed E-state index contributed by atoms with van der Waals surface area (Å²) in [5.41, 5.74) is 3.56. The number of carbonyl (C=O) groups is 1. The number of fused-ring (bicyclic) bond motifs is 1. The molecule has 0 saturated carbocycles. The molecule has 0 aliphatic carbocycles. The van der Waals surface area contributed by atoms with E-state index in [0.717, 1.165) is 11.1 Å². The van der Waals surface area contributed by atoms with Gasteiger partial charge in [-0.25, -0.2) is 4.98 Å². The third-order valence-electron chi connectivity index (χ3n) is 5.19. The number of ether oxygens (including phenoxy) is 1. The highest BCUT2D eigenvalue weighted by atomic mass is 16.5. The Kier molecular flexibility index (Phi) is 6.22. The number of aryl methyl sites for hydroxylation is 1. The maximum Gasteiger partial charge on any atom is 0.274 e. The number of aliphatic hydroxyl groups is 1. The van der Waals surface area contributed by atoms with Gasteiger partial charge in [-0.3, -0.25) is 9.59 Å². The fourth-order valence-electron chi connectivity index (χ4n) is 3.33. The molecule has 1 aromatic heterocycles. The molecule has 0 radical (unpaired) electrons. The molecular formula is C26H23N3O4.